The van der Waals surface area contributed by atoms with Crippen molar-refractivity contribution >= 4 is 0 Å². The van der Waals surface area contributed by atoms with Gasteiger partial charge in [0.25, 0.3) is 0 Å². The molecule has 0 amide bonds. The monoisotopic (exact) mass is 228 g/mol. The zero-order valence-electron chi connectivity index (χ0n) is 9.54. The lowest BCUT2D eigenvalue weighted by molar-refractivity contribution is 0.0815. The highest BCUT2D eigenvalue weighted by Crippen LogP contribution is 1.99. The van der Waals surface area contributed by atoms with Crippen LogP contribution in [0.1, 0.15) is 12.5 Å². The Hall–Kier alpha value is -0.940. The van der Waals surface area contributed by atoms with Crippen molar-refractivity contribution in [1.82, 2.24) is 0 Å². The predicted molar refractivity (Wildman–Crippen MR) is 62.0 cm³/mol. The SMILES string of the molecule is CC(O)CO.OCCOCc1ccccc1. The van der Waals surface area contributed by atoms with Crippen molar-refractivity contribution in [3.8, 4) is 0 Å². The molecule has 0 aliphatic heterocycles. The third kappa shape index (κ3) is 9.61. The Bertz CT molecular complexity index is 236. The van der Waals surface area contributed by atoms with Gasteiger partial charge in [0.1, 0.15) is 0 Å². The minimum atomic E-state index is -0.560. The topological polar surface area (TPSA) is 69.9 Å². The summed E-state index contributed by atoms with van der Waals surface area (Å²) >= 11 is 0. The molecule has 92 valence electrons. The Morgan fingerprint density at radius 3 is 2.19 bits per heavy atom. The molecule has 1 rings (SSSR count). The Balaban J connectivity index is 0.000000385. The van der Waals surface area contributed by atoms with Gasteiger partial charge in [-0.25, -0.2) is 0 Å². The van der Waals surface area contributed by atoms with Crippen molar-refractivity contribution in [1.29, 1.82) is 0 Å². The van der Waals surface area contributed by atoms with E-state index in [2.05, 4.69) is 0 Å². The Kier molecular flexibility index (Phi) is 9.95. The van der Waals surface area contributed by atoms with Crippen molar-refractivity contribution < 1.29 is 20.1 Å². The minimum Gasteiger partial charge on any atom is -0.394 e. The summed E-state index contributed by atoms with van der Waals surface area (Å²) in [6.45, 7) is 2.48. The van der Waals surface area contributed by atoms with Crippen molar-refractivity contribution in [2.24, 2.45) is 0 Å². The fraction of sp³-hybridized carbons (Fsp3) is 0.500. The zero-order valence-corrected chi connectivity index (χ0v) is 9.54. The number of aliphatic hydroxyl groups excluding tert-OH is 3. The van der Waals surface area contributed by atoms with Gasteiger partial charge in [0.2, 0.25) is 0 Å². The van der Waals surface area contributed by atoms with E-state index in [0.29, 0.717) is 13.2 Å². The summed E-state index contributed by atoms with van der Waals surface area (Å²) in [6, 6.07) is 9.90. The summed E-state index contributed by atoms with van der Waals surface area (Å²) in [7, 11) is 0. The first kappa shape index (κ1) is 15.1. The van der Waals surface area contributed by atoms with E-state index in [1.807, 2.05) is 30.3 Å². The van der Waals surface area contributed by atoms with Gasteiger partial charge in [0, 0.05) is 0 Å². The lowest BCUT2D eigenvalue weighted by Gasteiger charge is -2.00. The molecule has 0 saturated carbocycles. The van der Waals surface area contributed by atoms with E-state index in [9.17, 15) is 0 Å². The first-order valence-corrected chi connectivity index (χ1v) is 5.22. The van der Waals surface area contributed by atoms with E-state index in [4.69, 9.17) is 20.1 Å². The first-order valence-electron chi connectivity index (χ1n) is 5.22. The van der Waals surface area contributed by atoms with Crippen LogP contribution < -0.4 is 0 Å². The summed E-state index contributed by atoms with van der Waals surface area (Å²) in [5.74, 6) is 0. The van der Waals surface area contributed by atoms with Crippen LogP contribution in [0.5, 0.6) is 0 Å². The maximum absolute atomic E-state index is 8.42. The number of rotatable bonds is 5. The molecular weight excluding hydrogens is 208 g/mol. The second kappa shape index (κ2) is 10.6. The van der Waals surface area contributed by atoms with Gasteiger partial charge in [-0.05, 0) is 12.5 Å². The first-order chi connectivity index (χ1) is 7.70. The molecule has 0 aromatic heterocycles. The van der Waals surface area contributed by atoms with Crippen molar-refractivity contribution in [3.63, 3.8) is 0 Å². The molecule has 0 aliphatic rings. The molecule has 1 aromatic carbocycles. The van der Waals surface area contributed by atoms with Gasteiger partial charge in [0.15, 0.2) is 0 Å². The van der Waals surface area contributed by atoms with Crippen LogP contribution in [0.2, 0.25) is 0 Å². The molecule has 3 N–H and O–H groups in total. The Morgan fingerprint density at radius 1 is 1.19 bits per heavy atom. The quantitative estimate of drug-likeness (QED) is 0.644. The lowest BCUT2D eigenvalue weighted by atomic mass is 10.2. The minimum absolute atomic E-state index is 0.0901. The fourth-order valence-corrected chi connectivity index (χ4v) is 0.829. The number of hydrogen-bond acceptors (Lipinski definition) is 4. The normalized spacial score (nSPS) is 11.5. The second-order valence-corrected chi connectivity index (χ2v) is 3.29. The van der Waals surface area contributed by atoms with Gasteiger partial charge >= 0.3 is 0 Å². The van der Waals surface area contributed by atoms with Crippen molar-refractivity contribution in [2.45, 2.75) is 19.6 Å². The molecule has 0 radical (unpaired) electrons. The summed E-state index contributed by atoms with van der Waals surface area (Å²) in [6.07, 6.45) is -0.560. The number of aliphatic hydroxyl groups is 3. The van der Waals surface area contributed by atoms with Gasteiger partial charge in [-0.1, -0.05) is 30.3 Å². The maximum Gasteiger partial charge on any atom is 0.0742 e. The molecule has 1 aromatic rings. The predicted octanol–water partition coefficient (Wildman–Crippen LogP) is 0.555. The largest absolute Gasteiger partial charge is 0.394 e. The molecule has 0 saturated heterocycles. The van der Waals surface area contributed by atoms with Gasteiger partial charge in [-0.15, -0.1) is 0 Å². The number of ether oxygens (including phenoxy) is 1. The van der Waals surface area contributed by atoms with E-state index in [1.165, 1.54) is 6.92 Å². The van der Waals surface area contributed by atoms with Crippen LogP contribution in [0.25, 0.3) is 0 Å². The average molecular weight is 228 g/mol. The standard InChI is InChI=1S/C9H12O2.C3H8O2/c10-6-7-11-8-9-4-2-1-3-5-9;1-3(5)2-4/h1-5,10H,6-8H2;3-5H,2H2,1H3. The molecule has 0 aliphatic carbocycles. The van der Waals surface area contributed by atoms with Gasteiger partial charge in [-0.2, -0.15) is 0 Å². The summed E-state index contributed by atoms with van der Waals surface area (Å²) in [5.41, 5.74) is 1.14. The van der Waals surface area contributed by atoms with Crippen LogP contribution >= 0.6 is 0 Å². The Morgan fingerprint density at radius 2 is 1.75 bits per heavy atom. The van der Waals surface area contributed by atoms with E-state index in [-0.39, 0.29) is 13.2 Å². The second-order valence-electron chi connectivity index (χ2n) is 3.29. The van der Waals surface area contributed by atoms with E-state index >= 15 is 0 Å². The molecule has 0 spiro atoms. The van der Waals surface area contributed by atoms with Crippen LogP contribution in [0, 0.1) is 0 Å². The molecule has 16 heavy (non-hydrogen) atoms. The number of hydrogen-bond donors (Lipinski definition) is 3. The van der Waals surface area contributed by atoms with Crippen LogP contribution in [-0.4, -0.2) is 41.2 Å². The van der Waals surface area contributed by atoms with Crippen LogP contribution in [0.4, 0.5) is 0 Å². The molecule has 1 atom stereocenters. The van der Waals surface area contributed by atoms with E-state index in [1.54, 1.807) is 0 Å². The zero-order chi connectivity index (χ0) is 12.2. The van der Waals surface area contributed by atoms with Crippen LogP contribution in [0.15, 0.2) is 30.3 Å². The maximum atomic E-state index is 8.42. The third-order valence-electron chi connectivity index (χ3n) is 1.61. The highest BCUT2D eigenvalue weighted by Gasteiger charge is 1.89. The van der Waals surface area contributed by atoms with E-state index in [0.717, 1.165) is 5.56 Å². The lowest BCUT2D eigenvalue weighted by Crippen LogP contribution is -2.03. The molecule has 0 fully saturated rings. The van der Waals surface area contributed by atoms with Gasteiger partial charge in [0.05, 0.1) is 32.5 Å². The molecule has 0 heterocycles. The molecular formula is C12H20O4. The molecule has 4 heteroatoms. The van der Waals surface area contributed by atoms with Crippen molar-refractivity contribution in [3.05, 3.63) is 35.9 Å². The summed E-state index contributed by atoms with van der Waals surface area (Å²) < 4.78 is 5.12. The molecule has 0 bridgehead atoms. The average Bonchev–Trinajstić information content (AvgIpc) is 2.31. The third-order valence-corrected chi connectivity index (χ3v) is 1.61. The molecule has 4 nitrogen and oxygen atoms in total. The fourth-order valence-electron chi connectivity index (χ4n) is 0.829. The van der Waals surface area contributed by atoms with Gasteiger partial charge in [-0.3, -0.25) is 0 Å². The highest BCUT2D eigenvalue weighted by molar-refractivity contribution is 5.13. The van der Waals surface area contributed by atoms with Gasteiger partial charge < -0.3 is 20.1 Å². The number of benzene rings is 1. The smallest absolute Gasteiger partial charge is 0.0742 e. The van der Waals surface area contributed by atoms with E-state index < -0.39 is 6.10 Å². The molecule has 1 unspecified atom stereocenters. The highest BCUT2D eigenvalue weighted by atomic mass is 16.5. The Labute approximate surface area is 96.1 Å². The van der Waals surface area contributed by atoms with Crippen molar-refractivity contribution in [2.75, 3.05) is 19.8 Å². The summed E-state index contributed by atoms with van der Waals surface area (Å²) in [5, 5.41) is 24.4. The van der Waals surface area contributed by atoms with Crippen LogP contribution in [-0.2, 0) is 11.3 Å². The van der Waals surface area contributed by atoms with Crippen LogP contribution in [0.3, 0.4) is 0 Å². The summed E-state index contributed by atoms with van der Waals surface area (Å²) in [4.78, 5) is 0.